The lowest BCUT2D eigenvalue weighted by atomic mass is 9.86. The fourth-order valence-electron chi connectivity index (χ4n) is 2.87. The Balaban J connectivity index is 2.73. The number of nitrogens with one attached hydrogen (secondary N) is 1. The smallest absolute Gasteiger partial charge is 0.0133 e. The Hall–Kier alpha value is -0.820. The maximum absolute atomic E-state index is 3.55. The molecular formula is C17H29N. The van der Waals surface area contributed by atoms with Crippen LogP contribution in [0.3, 0.4) is 0 Å². The van der Waals surface area contributed by atoms with Crippen LogP contribution in [0.2, 0.25) is 0 Å². The van der Waals surface area contributed by atoms with Gasteiger partial charge in [0.1, 0.15) is 0 Å². The Morgan fingerprint density at radius 2 is 1.67 bits per heavy atom. The molecule has 0 bridgehead atoms. The zero-order chi connectivity index (χ0) is 13.4. The van der Waals surface area contributed by atoms with Crippen molar-refractivity contribution < 1.29 is 0 Å². The molecule has 1 heteroatoms. The molecule has 0 aliphatic heterocycles. The number of hydrogen-bond acceptors (Lipinski definition) is 1. The summed E-state index contributed by atoms with van der Waals surface area (Å²) in [5.41, 5.74) is 2.92. The van der Waals surface area contributed by atoms with E-state index in [4.69, 9.17) is 0 Å². The molecule has 1 nitrogen and oxygen atoms in total. The quantitative estimate of drug-likeness (QED) is 0.720. The van der Waals surface area contributed by atoms with E-state index in [-0.39, 0.29) is 0 Å². The van der Waals surface area contributed by atoms with Gasteiger partial charge in [-0.25, -0.2) is 0 Å². The topological polar surface area (TPSA) is 12.0 Å². The third kappa shape index (κ3) is 4.45. The highest BCUT2D eigenvalue weighted by atomic mass is 14.9. The van der Waals surface area contributed by atoms with Crippen molar-refractivity contribution in [3.63, 3.8) is 0 Å². The monoisotopic (exact) mass is 247 g/mol. The first-order valence-corrected chi connectivity index (χ1v) is 7.44. The summed E-state index contributed by atoms with van der Waals surface area (Å²) in [6, 6.07) is 9.39. The van der Waals surface area contributed by atoms with Crippen molar-refractivity contribution in [3.05, 3.63) is 35.4 Å². The minimum absolute atomic E-state index is 0.617. The molecule has 0 saturated carbocycles. The van der Waals surface area contributed by atoms with Crippen molar-refractivity contribution in [2.24, 2.45) is 5.92 Å². The van der Waals surface area contributed by atoms with Crippen molar-refractivity contribution in [1.82, 2.24) is 5.32 Å². The van der Waals surface area contributed by atoms with Gasteiger partial charge in [0, 0.05) is 6.04 Å². The van der Waals surface area contributed by atoms with Crippen molar-refractivity contribution in [3.8, 4) is 0 Å². The van der Waals surface area contributed by atoms with E-state index in [1.54, 1.807) is 0 Å². The summed E-state index contributed by atoms with van der Waals surface area (Å²) in [6.07, 6.45) is 6.41. The second kappa shape index (κ2) is 8.31. The number of likely N-dealkylation sites (N-methyl/N-ethyl adjacent to an activating group) is 1. The van der Waals surface area contributed by atoms with Crippen LogP contribution in [-0.2, 0) is 6.42 Å². The molecule has 0 amide bonds. The first-order valence-electron chi connectivity index (χ1n) is 7.44. The molecule has 0 saturated heterocycles. The van der Waals surface area contributed by atoms with E-state index < -0.39 is 0 Å². The van der Waals surface area contributed by atoms with Crippen LogP contribution in [0.15, 0.2) is 24.3 Å². The number of aryl methyl sites for hydroxylation is 1. The van der Waals surface area contributed by atoms with Gasteiger partial charge in [-0.1, -0.05) is 51.0 Å². The summed E-state index contributed by atoms with van der Waals surface area (Å²) in [6.45, 7) is 6.81. The molecule has 1 unspecified atom stereocenters. The van der Waals surface area contributed by atoms with Crippen molar-refractivity contribution in [1.29, 1.82) is 0 Å². The molecule has 0 spiro atoms. The number of benzene rings is 1. The highest BCUT2D eigenvalue weighted by Crippen LogP contribution is 2.22. The van der Waals surface area contributed by atoms with Crippen LogP contribution in [0, 0.1) is 12.8 Å². The third-order valence-corrected chi connectivity index (χ3v) is 3.96. The van der Waals surface area contributed by atoms with Gasteiger partial charge < -0.3 is 5.32 Å². The van der Waals surface area contributed by atoms with Gasteiger partial charge >= 0.3 is 0 Å². The van der Waals surface area contributed by atoms with Gasteiger partial charge in [0.05, 0.1) is 0 Å². The Bertz CT molecular complexity index is 326. The van der Waals surface area contributed by atoms with Gasteiger partial charge in [0.15, 0.2) is 0 Å². The van der Waals surface area contributed by atoms with E-state index in [1.165, 1.54) is 36.8 Å². The van der Waals surface area contributed by atoms with Crippen LogP contribution in [0.4, 0.5) is 0 Å². The standard InChI is InChI=1S/C17H29N/c1-5-9-15(10-6-2)17(18-4)13-16-12-8-7-11-14(16)3/h7-8,11-12,15,17-18H,5-6,9-10,13H2,1-4H3. The summed E-state index contributed by atoms with van der Waals surface area (Å²) in [5.74, 6) is 0.810. The average Bonchev–Trinajstić information content (AvgIpc) is 2.38. The first-order chi connectivity index (χ1) is 8.72. The zero-order valence-corrected chi connectivity index (χ0v) is 12.5. The fourth-order valence-corrected chi connectivity index (χ4v) is 2.87. The lowest BCUT2D eigenvalue weighted by molar-refractivity contribution is 0.322. The van der Waals surface area contributed by atoms with E-state index >= 15 is 0 Å². The summed E-state index contributed by atoms with van der Waals surface area (Å²) < 4.78 is 0. The predicted octanol–water partition coefficient (Wildman–Crippen LogP) is 4.34. The molecule has 0 heterocycles. The second-order valence-corrected chi connectivity index (χ2v) is 5.36. The summed E-state index contributed by atoms with van der Waals surface area (Å²) in [4.78, 5) is 0. The van der Waals surface area contributed by atoms with E-state index in [0.717, 1.165) is 12.3 Å². The van der Waals surface area contributed by atoms with Crippen LogP contribution in [-0.4, -0.2) is 13.1 Å². The Kier molecular flexibility index (Phi) is 7.04. The molecule has 1 atom stereocenters. The number of hydrogen-bond donors (Lipinski definition) is 1. The van der Waals surface area contributed by atoms with Crippen molar-refractivity contribution in [2.75, 3.05) is 7.05 Å². The van der Waals surface area contributed by atoms with Gasteiger partial charge in [-0.3, -0.25) is 0 Å². The molecule has 102 valence electrons. The van der Waals surface area contributed by atoms with Gasteiger partial charge in [-0.2, -0.15) is 0 Å². The van der Waals surface area contributed by atoms with Crippen LogP contribution < -0.4 is 5.32 Å². The zero-order valence-electron chi connectivity index (χ0n) is 12.5. The van der Waals surface area contributed by atoms with Crippen LogP contribution in [0.25, 0.3) is 0 Å². The SMILES string of the molecule is CCCC(CCC)C(Cc1ccccc1C)NC. The minimum atomic E-state index is 0.617. The van der Waals surface area contributed by atoms with Crippen LogP contribution >= 0.6 is 0 Å². The molecule has 0 radical (unpaired) electrons. The molecule has 1 aromatic rings. The van der Waals surface area contributed by atoms with E-state index in [9.17, 15) is 0 Å². The summed E-state index contributed by atoms with van der Waals surface area (Å²) >= 11 is 0. The van der Waals surface area contributed by atoms with Gasteiger partial charge in [-0.15, -0.1) is 0 Å². The molecule has 1 rings (SSSR count). The summed E-state index contributed by atoms with van der Waals surface area (Å²) in [7, 11) is 2.11. The Labute approximate surface area is 113 Å². The maximum Gasteiger partial charge on any atom is 0.0133 e. The van der Waals surface area contributed by atoms with Crippen molar-refractivity contribution >= 4 is 0 Å². The lowest BCUT2D eigenvalue weighted by Gasteiger charge is -2.27. The molecule has 1 aromatic carbocycles. The molecular weight excluding hydrogens is 218 g/mol. The van der Waals surface area contributed by atoms with Gasteiger partial charge in [0.2, 0.25) is 0 Å². The third-order valence-electron chi connectivity index (χ3n) is 3.96. The normalized spacial score (nSPS) is 12.9. The van der Waals surface area contributed by atoms with Crippen molar-refractivity contribution in [2.45, 2.75) is 58.9 Å². The highest BCUT2D eigenvalue weighted by Gasteiger charge is 2.19. The number of rotatable bonds is 8. The predicted molar refractivity (Wildman–Crippen MR) is 81.0 cm³/mol. The molecule has 0 fully saturated rings. The lowest BCUT2D eigenvalue weighted by Crippen LogP contribution is -2.35. The molecule has 1 N–H and O–H groups in total. The highest BCUT2D eigenvalue weighted by molar-refractivity contribution is 5.26. The van der Waals surface area contributed by atoms with E-state index in [0.29, 0.717) is 6.04 Å². The van der Waals surface area contributed by atoms with E-state index in [1.807, 2.05) is 0 Å². The van der Waals surface area contributed by atoms with Crippen LogP contribution in [0.1, 0.15) is 50.7 Å². The van der Waals surface area contributed by atoms with Gasteiger partial charge in [0.25, 0.3) is 0 Å². The average molecular weight is 247 g/mol. The first kappa shape index (κ1) is 15.2. The van der Waals surface area contributed by atoms with Crippen LogP contribution in [0.5, 0.6) is 0 Å². The Morgan fingerprint density at radius 3 is 2.17 bits per heavy atom. The summed E-state index contributed by atoms with van der Waals surface area (Å²) in [5, 5.41) is 3.55. The molecule has 0 aliphatic carbocycles. The largest absolute Gasteiger partial charge is 0.316 e. The fraction of sp³-hybridized carbons (Fsp3) is 0.647. The second-order valence-electron chi connectivity index (χ2n) is 5.36. The van der Waals surface area contributed by atoms with E-state index in [2.05, 4.69) is 57.4 Å². The molecule has 0 aromatic heterocycles. The molecule has 18 heavy (non-hydrogen) atoms. The minimum Gasteiger partial charge on any atom is -0.316 e. The molecule has 0 aliphatic rings. The van der Waals surface area contributed by atoms with Gasteiger partial charge in [-0.05, 0) is 50.3 Å². The maximum atomic E-state index is 3.55. The Morgan fingerprint density at radius 1 is 1.06 bits per heavy atom.